The van der Waals surface area contributed by atoms with Crippen LogP contribution < -0.4 is 0 Å². The normalized spacial score (nSPS) is 47.0. The maximum atomic E-state index is 10.6. The molecule has 27 heavy (non-hydrogen) atoms. The quantitative estimate of drug-likeness (QED) is 0.641. The van der Waals surface area contributed by atoms with Crippen LogP contribution in [-0.2, 0) is 0 Å². The number of rotatable bonds is 4. The molecule has 0 saturated heterocycles. The highest BCUT2D eigenvalue weighted by molar-refractivity contribution is 5.25. The fourth-order valence-electron chi connectivity index (χ4n) is 7.76. The predicted octanol–water partition coefficient (Wildman–Crippen LogP) is 4.31. The van der Waals surface area contributed by atoms with Gasteiger partial charge in [0.25, 0.3) is 0 Å². The van der Waals surface area contributed by atoms with E-state index in [1.807, 2.05) is 6.92 Å². The van der Waals surface area contributed by atoms with Gasteiger partial charge in [-0.1, -0.05) is 32.4 Å². The van der Waals surface area contributed by atoms with Gasteiger partial charge >= 0.3 is 0 Å². The van der Waals surface area contributed by atoms with Crippen LogP contribution in [0, 0.1) is 39.9 Å². The fourth-order valence-corrected chi connectivity index (χ4v) is 7.76. The molecule has 0 bridgehead atoms. The first-order chi connectivity index (χ1) is 12.8. The summed E-state index contributed by atoms with van der Waals surface area (Å²) in [6.07, 6.45) is 12.9. The van der Waals surface area contributed by atoms with Gasteiger partial charge in [0.05, 0.1) is 19.3 Å². The Kier molecular flexibility index (Phi) is 5.05. The number of aliphatic hydroxyl groups is 3. The van der Waals surface area contributed by atoms with Crippen LogP contribution in [0.5, 0.6) is 0 Å². The third kappa shape index (κ3) is 3.04. The monoisotopic (exact) mass is 376 g/mol. The molecule has 4 aliphatic rings. The van der Waals surface area contributed by atoms with Crippen LogP contribution in [0.1, 0.15) is 78.6 Å². The summed E-state index contributed by atoms with van der Waals surface area (Å²) in [6.45, 7) is 7.04. The average Bonchev–Trinajstić information content (AvgIpc) is 2.97. The first kappa shape index (κ1) is 19.9. The highest BCUT2D eigenvalue weighted by Gasteiger charge is 2.58. The second kappa shape index (κ2) is 6.85. The molecule has 3 nitrogen and oxygen atoms in total. The van der Waals surface area contributed by atoms with Gasteiger partial charge in [0, 0.05) is 5.41 Å². The third-order valence-electron chi connectivity index (χ3n) is 9.70. The van der Waals surface area contributed by atoms with E-state index in [4.69, 9.17) is 0 Å². The zero-order valence-electron chi connectivity index (χ0n) is 17.6. The minimum atomic E-state index is -0.344. The second-order valence-corrected chi connectivity index (χ2v) is 11.3. The first-order valence-corrected chi connectivity index (χ1v) is 11.3. The highest BCUT2D eigenvalue weighted by atomic mass is 16.3. The molecule has 0 aromatic heterocycles. The van der Waals surface area contributed by atoms with Crippen molar-refractivity contribution < 1.29 is 15.3 Å². The van der Waals surface area contributed by atoms with Crippen LogP contribution >= 0.6 is 0 Å². The molecule has 3 N–H and O–H groups in total. The van der Waals surface area contributed by atoms with Crippen molar-refractivity contribution >= 4 is 0 Å². The van der Waals surface area contributed by atoms with Gasteiger partial charge in [0.15, 0.2) is 0 Å². The van der Waals surface area contributed by atoms with Gasteiger partial charge in [0.2, 0.25) is 0 Å². The molecular formula is C24H40O3. The summed E-state index contributed by atoms with van der Waals surface area (Å²) in [6, 6.07) is 0. The number of hydrogen-bond acceptors (Lipinski definition) is 3. The van der Waals surface area contributed by atoms with Gasteiger partial charge in [-0.2, -0.15) is 0 Å². The van der Waals surface area contributed by atoms with E-state index in [-0.39, 0.29) is 30.1 Å². The van der Waals surface area contributed by atoms with E-state index in [2.05, 4.69) is 19.9 Å². The Hall–Kier alpha value is -0.380. The van der Waals surface area contributed by atoms with Crippen molar-refractivity contribution in [1.82, 2.24) is 0 Å². The summed E-state index contributed by atoms with van der Waals surface area (Å²) in [5, 5.41) is 30.0. The van der Waals surface area contributed by atoms with Gasteiger partial charge < -0.3 is 15.3 Å². The number of allylic oxidation sites excluding steroid dienone is 2. The zero-order chi connectivity index (χ0) is 19.4. The lowest BCUT2D eigenvalue weighted by Gasteiger charge is -2.58. The van der Waals surface area contributed by atoms with Gasteiger partial charge in [-0.15, -0.1) is 0 Å². The fraction of sp³-hybridized carbons (Fsp3) is 0.917. The molecule has 2 unspecified atom stereocenters. The molecule has 4 aliphatic carbocycles. The van der Waals surface area contributed by atoms with E-state index >= 15 is 0 Å². The van der Waals surface area contributed by atoms with Gasteiger partial charge in [-0.25, -0.2) is 0 Å². The minimum Gasteiger partial charge on any atom is -0.396 e. The van der Waals surface area contributed by atoms with Crippen LogP contribution in [-0.4, -0.2) is 34.6 Å². The minimum absolute atomic E-state index is 0.0730. The SMILES string of the molecule is CC(CO)(CO)CC1CC[C@@]2(C)C(=CC[C@@H]3[C@H]2CC[C@]2(C)C(O)CC[C@@H]32)C1. The van der Waals surface area contributed by atoms with Crippen LogP contribution in [0.2, 0.25) is 0 Å². The Morgan fingerprint density at radius 3 is 2.48 bits per heavy atom. The van der Waals surface area contributed by atoms with E-state index in [1.54, 1.807) is 5.57 Å². The number of aliphatic hydroxyl groups excluding tert-OH is 3. The molecule has 0 aromatic carbocycles. The van der Waals surface area contributed by atoms with Crippen molar-refractivity contribution in [2.45, 2.75) is 84.7 Å². The first-order valence-electron chi connectivity index (χ1n) is 11.3. The lowest BCUT2D eigenvalue weighted by molar-refractivity contribution is -0.0695. The number of fused-ring (bicyclic) bond motifs is 5. The van der Waals surface area contributed by atoms with Crippen LogP contribution in [0.4, 0.5) is 0 Å². The number of hydrogen-bond donors (Lipinski definition) is 3. The topological polar surface area (TPSA) is 60.7 Å². The summed E-state index contributed by atoms with van der Waals surface area (Å²) < 4.78 is 0. The van der Waals surface area contributed by atoms with Crippen molar-refractivity contribution in [2.24, 2.45) is 39.9 Å². The van der Waals surface area contributed by atoms with Crippen molar-refractivity contribution in [3.05, 3.63) is 11.6 Å². The molecule has 0 aliphatic heterocycles. The Balaban J connectivity index is 1.53. The van der Waals surface area contributed by atoms with Crippen LogP contribution in [0.25, 0.3) is 0 Å². The molecular weight excluding hydrogens is 336 g/mol. The summed E-state index contributed by atoms with van der Waals surface area (Å²) in [7, 11) is 0. The van der Waals surface area contributed by atoms with Crippen molar-refractivity contribution in [3.63, 3.8) is 0 Å². The summed E-state index contributed by atoms with van der Waals surface area (Å²) in [5.41, 5.74) is 1.82. The van der Waals surface area contributed by atoms with Gasteiger partial charge in [-0.3, -0.25) is 0 Å². The summed E-state index contributed by atoms with van der Waals surface area (Å²) in [4.78, 5) is 0. The van der Waals surface area contributed by atoms with Crippen LogP contribution in [0.3, 0.4) is 0 Å². The molecule has 0 heterocycles. The molecule has 0 radical (unpaired) electrons. The second-order valence-electron chi connectivity index (χ2n) is 11.3. The lowest BCUT2D eigenvalue weighted by Crippen LogP contribution is -2.51. The maximum absolute atomic E-state index is 10.6. The summed E-state index contributed by atoms with van der Waals surface area (Å²) in [5.74, 6) is 2.83. The van der Waals surface area contributed by atoms with Crippen molar-refractivity contribution in [1.29, 1.82) is 0 Å². The van der Waals surface area contributed by atoms with E-state index in [9.17, 15) is 15.3 Å². The lowest BCUT2D eigenvalue weighted by atomic mass is 9.47. The van der Waals surface area contributed by atoms with E-state index < -0.39 is 0 Å². The Morgan fingerprint density at radius 1 is 1.04 bits per heavy atom. The highest BCUT2D eigenvalue weighted by Crippen LogP contribution is 2.65. The molecule has 3 saturated carbocycles. The molecule has 3 heteroatoms. The third-order valence-corrected chi connectivity index (χ3v) is 9.70. The largest absolute Gasteiger partial charge is 0.396 e. The van der Waals surface area contributed by atoms with Gasteiger partial charge in [0.1, 0.15) is 0 Å². The Bertz CT molecular complexity index is 594. The zero-order valence-corrected chi connectivity index (χ0v) is 17.6. The Morgan fingerprint density at radius 2 is 1.78 bits per heavy atom. The maximum Gasteiger partial charge on any atom is 0.0596 e. The molecule has 4 rings (SSSR count). The van der Waals surface area contributed by atoms with E-state index in [0.29, 0.717) is 17.3 Å². The molecule has 154 valence electrons. The summed E-state index contributed by atoms with van der Waals surface area (Å²) >= 11 is 0. The standard InChI is InChI=1S/C24H40O3/c1-22(14-25,15-26)13-16-8-10-23(2)17(12-16)4-5-18-19-6-7-21(27)24(19,3)11-9-20(18)23/h4,16,18-21,25-27H,5-15H2,1-3H3/t16?,18-,19-,20+,21?,23-,24-/m0/s1. The average molecular weight is 377 g/mol. The van der Waals surface area contributed by atoms with E-state index in [1.165, 1.54) is 38.5 Å². The van der Waals surface area contributed by atoms with Crippen molar-refractivity contribution in [2.75, 3.05) is 13.2 Å². The molecule has 3 fully saturated rings. The molecule has 0 aromatic rings. The Labute approximate surface area is 165 Å². The smallest absolute Gasteiger partial charge is 0.0596 e. The van der Waals surface area contributed by atoms with Crippen molar-refractivity contribution in [3.8, 4) is 0 Å². The molecule has 0 spiro atoms. The van der Waals surface area contributed by atoms with Gasteiger partial charge in [-0.05, 0) is 92.3 Å². The molecule has 7 atom stereocenters. The molecule has 0 amide bonds. The van der Waals surface area contributed by atoms with E-state index in [0.717, 1.165) is 31.1 Å². The van der Waals surface area contributed by atoms with Crippen LogP contribution in [0.15, 0.2) is 11.6 Å². The predicted molar refractivity (Wildman–Crippen MR) is 108 cm³/mol.